The lowest BCUT2D eigenvalue weighted by Crippen LogP contribution is -2.11. The average molecular weight is 337 g/mol. The van der Waals surface area contributed by atoms with Crippen LogP contribution in [0.3, 0.4) is 0 Å². The molecule has 96 valence electrons. The highest BCUT2D eigenvalue weighted by molar-refractivity contribution is 9.10. The van der Waals surface area contributed by atoms with Crippen molar-refractivity contribution in [1.82, 2.24) is 9.55 Å². The van der Waals surface area contributed by atoms with Gasteiger partial charge in [-0.2, -0.15) is 5.26 Å². The summed E-state index contributed by atoms with van der Waals surface area (Å²) >= 11 is 9.84. The molecule has 0 aliphatic carbocycles. The smallest absolute Gasteiger partial charge is 0.103 e. The van der Waals surface area contributed by atoms with Gasteiger partial charge in [0.2, 0.25) is 0 Å². The van der Waals surface area contributed by atoms with E-state index in [1.807, 2.05) is 6.07 Å². The topological polar surface area (TPSA) is 41.6 Å². The van der Waals surface area contributed by atoms with Gasteiger partial charge in [0.05, 0.1) is 16.3 Å². The fourth-order valence-corrected chi connectivity index (χ4v) is 3.37. The van der Waals surface area contributed by atoms with Gasteiger partial charge in [-0.05, 0) is 41.3 Å². The third kappa shape index (κ3) is 2.07. The third-order valence-corrected chi connectivity index (χ3v) is 4.25. The number of rotatable bonds is 1. The van der Waals surface area contributed by atoms with Crippen LogP contribution in [0.25, 0.3) is 11.3 Å². The highest BCUT2D eigenvalue weighted by Gasteiger charge is 2.24. The first-order valence-electron chi connectivity index (χ1n) is 6.14. The van der Waals surface area contributed by atoms with Crippen LogP contribution in [-0.2, 0) is 13.0 Å². The minimum Gasteiger partial charge on any atom is -0.342 e. The molecule has 0 saturated heterocycles. The number of hydrogen-bond acceptors (Lipinski definition) is 2. The molecule has 1 aliphatic heterocycles. The summed E-state index contributed by atoms with van der Waals surface area (Å²) in [5.41, 5.74) is 3.55. The molecule has 3 rings (SSSR count). The summed E-state index contributed by atoms with van der Waals surface area (Å²) in [6.45, 7) is 0.915. The molecular formula is C14H11BrClN3. The van der Waals surface area contributed by atoms with Gasteiger partial charge in [0.25, 0.3) is 0 Å². The van der Waals surface area contributed by atoms with Crippen LogP contribution in [0.2, 0.25) is 5.02 Å². The molecular weight excluding hydrogens is 326 g/mol. The Labute approximate surface area is 125 Å². The summed E-state index contributed by atoms with van der Waals surface area (Å²) in [5, 5.41) is 9.87. The summed E-state index contributed by atoms with van der Waals surface area (Å²) in [5.74, 6) is 0. The maximum absolute atomic E-state index is 9.32. The van der Waals surface area contributed by atoms with E-state index in [1.165, 1.54) is 0 Å². The average Bonchev–Trinajstić information content (AvgIpc) is 2.70. The molecule has 2 aromatic rings. The molecule has 0 fully saturated rings. The van der Waals surface area contributed by atoms with Crippen molar-refractivity contribution in [3.63, 3.8) is 0 Å². The van der Waals surface area contributed by atoms with Gasteiger partial charge < -0.3 is 4.57 Å². The normalized spacial score (nSPS) is 13.9. The summed E-state index contributed by atoms with van der Waals surface area (Å²) in [6, 6.07) is 4.23. The number of aromatic nitrogens is 2. The maximum Gasteiger partial charge on any atom is 0.103 e. The van der Waals surface area contributed by atoms with Crippen molar-refractivity contribution in [3.8, 4) is 17.3 Å². The van der Waals surface area contributed by atoms with Crippen molar-refractivity contribution in [2.75, 3.05) is 0 Å². The molecule has 0 N–H and O–H groups in total. The zero-order chi connectivity index (χ0) is 13.4. The Morgan fingerprint density at radius 2 is 2.21 bits per heavy atom. The molecule has 5 heteroatoms. The lowest BCUT2D eigenvalue weighted by atomic mass is 10.1. The van der Waals surface area contributed by atoms with E-state index < -0.39 is 0 Å². The lowest BCUT2D eigenvalue weighted by molar-refractivity contribution is 0.536. The van der Waals surface area contributed by atoms with Crippen LogP contribution in [0.1, 0.15) is 24.1 Å². The number of nitrogens with zero attached hydrogens (tertiary/aromatic N) is 3. The lowest BCUT2D eigenvalue weighted by Gasteiger charge is -2.18. The van der Waals surface area contributed by atoms with Crippen LogP contribution < -0.4 is 0 Å². The van der Waals surface area contributed by atoms with Crippen molar-refractivity contribution in [2.24, 2.45) is 0 Å². The van der Waals surface area contributed by atoms with E-state index in [-0.39, 0.29) is 0 Å². The van der Waals surface area contributed by atoms with Gasteiger partial charge in [0.15, 0.2) is 0 Å². The molecule has 0 radical (unpaired) electrons. The highest BCUT2D eigenvalue weighted by atomic mass is 79.9. The van der Waals surface area contributed by atoms with Gasteiger partial charge >= 0.3 is 0 Å². The Balaban J connectivity index is 2.27. The minimum atomic E-state index is 0.555. The highest BCUT2D eigenvalue weighted by Crippen LogP contribution is 2.38. The molecule has 0 spiro atoms. The number of hydrogen-bond donors (Lipinski definition) is 0. The number of fused-ring (bicyclic) bond motifs is 1. The summed E-state index contributed by atoms with van der Waals surface area (Å²) in [6.07, 6.45) is 6.68. The minimum absolute atomic E-state index is 0.555. The monoisotopic (exact) mass is 335 g/mol. The van der Waals surface area contributed by atoms with Gasteiger partial charge in [0, 0.05) is 34.7 Å². The van der Waals surface area contributed by atoms with Crippen molar-refractivity contribution in [1.29, 1.82) is 5.26 Å². The molecule has 3 heterocycles. The SMILES string of the molecule is N#Cc1c(Cl)c(-c2cncc(Br)c2)n2c1CCCC2. The van der Waals surface area contributed by atoms with Crippen molar-refractivity contribution in [2.45, 2.75) is 25.8 Å². The summed E-state index contributed by atoms with van der Waals surface area (Å²) < 4.78 is 3.08. The van der Waals surface area contributed by atoms with Crippen LogP contribution >= 0.6 is 27.5 Å². The second kappa shape index (κ2) is 4.99. The molecule has 0 aromatic carbocycles. The maximum atomic E-state index is 9.32. The van der Waals surface area contributed by atoms with E-state index in [1.54, 1.807) is 12.4 Å². The molecule has 3 nitrogen and oxygen atoms in total. The standard InChI is InChI=1S/C14H11BrClN3/c15-10-5-9(7-18-8-10)14-13(16)11(6-17)12-3-1-2-4-19(12)14/h5,7-8H,1-4H2. The molecule has 1 aliphatic rings. The molecule has 19 heavy (non-hydrogen) atoms. The van der Waals surface area contributed by atoms with Crippen molar-refractivity contribution in [3.05, 3.63) is 39.2 Å². The molecule has 0 amide bonds. The fourth-order valence-electron chi connectivity index (χ4n) is 2.64. The first-order chi connectivity index (χ1) is 9.22. The van der Waals surface area contributed by atoms with Crippen molar-refractivity contribution >= 4 is 27.5 Å². The Hall–Kier alpha value is -1.31. The molecule has 2 aromatic heterocycles. The van der Waals surface area contributed by atoms with E-state index >= 15 is 0 Å². The Morgan fingerprint density at radius 3 is 2.95 bits per heavy atom. The van der Waals surface area contributed by atoms with Gasteiger partial charge in [-0.3, -0.25) is 4.98 Å². The predicted octanol–water partition coefficient (Wildman–Crippen LogP) is 4.17. The Bertz CT molecular complexity index is 685. The Morgan fingerprint density at radius 1 is 1.37 bits per heavy atom. The Kier molecular flexibility index (Phi) is 3.34. The largest absolute Gasteiger partial charge is 0.342 e. The van der Waals surface area contributed by atoms with Crippen LogP contribution in [0, 0.1) is 11.3 Å². The van der Waals surface area contributed by atoms with Crippen LogP contribution in [0.5, 0.6) is 0 Å². The van der Waals surface area contributed by atoms with Crippen LogP contribution in [0.4, 0.5) is 0 Å². The van der Waals surface area contributed by atoms with Crippen molar-refractivity contribution < 1.29 is 0 Å². The summed E-state index contributed by atoms with van der Waals surface area (Å²) in [4.78, 5) is 4.18. The second-order valence-corrected chi connectivity index (χ2v) is 5.89. The zero-order valence-corrected chi connectivity index (χ0v) is 12.5. The quantitative estimate of drug-likeness (QED) is 0.784. The first-order valence-corrected chi connectivity index (χ1v) is 7.31. The van der Waals surface area contributed by atoms with Gasteiger partial charge in [-0.25, -0.2) is 0 Å². The van der Waals surface area contributed by atoms with Gasteiger partial charge in [0.1, 0.15) is 6.07 Å². The zero-order valence-electron chi connectivity index (χ0n) is 10.2. The molecule has 0 bridgehead atoms. The van der Waals surface area contributed by atoms with E-state index in [9.17, 15) is 5.26 Å². The van der Waals surface area contributed by atoms with Gasteiger partial charge in [-0.15, -0.1) is 0 Å². The first kappa shape index (κ1) is 12.7. The van der Waals surface area contributed by atoms with E-state index in [4.69, 9.17) is 11.6 Å². The van der Waals surface area contributed by atoms with Crippen LogP contribution in [0.15, 0.2) is 22.9 Å². The van der Waals surface area contributed by atoms with E-state index in [2.05, 4.69) is 31.6 Å². The second-order valence-electron chi connectivity index (χ2n) is 4.60. The molecule has 0 saturated carbocycles. The third-order valence-electron chi connectivity index (χ3n) is 3.45. The summed E-state index contributed by atoms with van der Waals surface area (Å²) in [7, 11) is 0. The van der Waals surface area contributed by atoms with E-state index in [0.717, 1.165) is 47.2 Å². The number of pyridine rings is 1. The van der Waals surface area contributed by atoms with Gasteiger partial charge in [-0.1, -0.05) is 11.6 Å². The number of nitriles is 1. The number of halogens is 2. The predicted molar refractivity (Wildman–Crippen MR) is 78.0 cm³/mol. The van der Waals surface area contributed by atoms with Crippen LogP contribution in [-0.4, -0.2) is 9.55 Å². The molecule has 0 unspecified atom stereocenters. The molecule has 0 atom stereocenters. The van der Waals surface area contributed by atoms with E-state index in [0.29, 0.717) is 10.6 Å². The fraction of sp³-hybridized carbons (Fsp3) is 0.286.